The van der Waals surface area contributed by atoms with Gasteiger partial charge < -0.3 is 10.1 Å². The van der Waals surface area contributed by atoms with Gasteiger partial charge in [0.15, 0.2) is 0 Å². The van der Waals surface area contributed by atoms with Crippen molar-refractivity contribution in [2.24, 2.45) is 0 Å². The number of hydrogen-bond acceptors (Lipinski definition) is 3. The van der Waals surface area contributed by atoms with E-state index in [0.717, 1.165) is 18.7 Å². The Morgan fingerprint density at radius 3 is 2.67 bits per heavy atom. The van der Waals surface area contributed by atoms with Crippen molar-refractivity contribution >= 4 is 0 Å². The van der Waals surface area contributed by atoms with E-state index < -0.39 is 12.6 Å². The van der Waals surface area contributed by atoms with Crippen LogP contribution in [0.1, 0.15) is 24.6 Å². The second-order valence-electron chi connectivity index (χ2n) is 3.86. The van der Waals surface area contributed by atoms with Crippen LogP contribution in [0.5, 0.6) is 0 Å². The monoisotopic (exact) mass is 262 g/mol. The first kappa shape index (κ1) is 14.9. The third-order valence-electron chi connectivity index (χ3n) is 2.24. The van der Waals surface area contributed by atoms with Crippen molar-refractivity contribution in [2.75, 3.05) is 13.2 Å². The van der Waals surface area contributed by atoms with Gasteiger partial charge in [0, 0.05) is 12.7 Å². The van der Waals surface area contributed by atoms with Gasteiger partial charge in [-0.15, -0.1) is 0 Å². The molecule has 102 valence electrons. The zero-order chi connectivity index (χ0) is 13.4. The van der Waals surface area contributed by atoms with Crippen LogP contribution in [0.25, 0.3) is 0 Å². The Morgan fingerprint density at radius 1 is 1.33 bits per heavy atom. The second-order valence-corrected chi connectivity index (χ2v) is 3.86. The smallest absolute Gasteiger partial charge is 0.375 e. The molecule has 0 atom stereocenters. The molecule has 18 heavy (non-hydrogen) atoms. The first-order valence-electron chi connectivity index (χ1n) is 5.80. The van der Waals surface area contributed by atoms with Crippen LogP contribution < -0.4 is 5.32 Å². The van der Waals surface area contributed by atoms with Gasteiger partial charge in [-0.2, -0.15) is 13.2 Å². The summed E-state index contributed by atoms with van der Waals surface area (Å²) >= 11 is 0. The summed E-state index contributed by atoms with van der Waals surface area (Å²) in [5.74, 6) is 0. The standard InChI is InChI=1S/C12H17F3N2O/c1-2-16-7-10-3-4-11(17-8-10)9-18-6-5-12(13,14)15/h3-4,8,16H,2,5-7,9H2,1H3. The van der Waals surface area contributed by atoms with Gasteiger partial charge in [-0.05, 0) is 18.2 Å². The van der Waals surface area contributed by atoms with E-state index in [1.165, 1.54) is 0 Å². The molecule has 0 aliphatic heterocycles. The number of rotatable bonds is 7. The van der Waals surface area contributed by atoms with Crippen LogP contribution in [-0.4, -0.2) is 24.3 Å². The van der Waals surface area contributed by atoms with Crippen molar-refractivity contribution < 1.29 is 17.9 Å². The molecule has 0 spiro atoms. The number of alkyl halides is 3. The van der Waals surface area contributed by atoms with Crippen LogP contribution in [-0.2, 0) is 17.9 Å². The van der Waals surface area contributed by atoms with E-state index in [1.807, 2.05) is 13.0 Å². The van der Waals surface area contributed by atoms with E-state index in [2.05, 4.69) is 10.3 Å². The maximum atomic E-state index is 11.9. The number of nitrogens with zero attached hydrogens (tertiary/aromatic N) is 1. The molecule has 0 bridgehead atoms. The van der Waals surface area contributed by atoms with E-state index in [9.17, 15) is 13.2 Å². The van der Waals surface area contributed by atoms with Gasteiger partial charge in [0.2, 0.25) is 0 Å². The second kappa shape index (κ2) is 7.33. The van der Waals surface area contributed by atoms with Crippen LogP contribution >= 0.6 is 0 Å². The highest BCUT2D eigenvalue weighted by molar-refractivity contribution is 5.13. The van der Waals surface area contributed by atoms with Crippen LogP contribution in [0.4, 0.5) is 13.2 Å². The molecule has 6 heteroatoms. The Kier molecular flexibility index (Phi) is 6.07. The van der Waals surface area contributed by atoms with Crippen molar-refractivity contribution in [1.82, 2.24) is 10.3 Å². The molecule has 0 saturated carbocycles. The average molecular weight is 262 g/mol. The maximum Gasteiger partial charge on any atom is 0.391 e. The number of nitrogens with one attached hydrogen (secondary N) is 1. The quantitative estimate of drug-likeness (QED) is 0.767. The van der Waals surface area contributed by atoms with Gasteiger partial charge in [0.1, 0.15) is 0 Å². The van der Waals surface area contributed by atoms with E-state index in [-0.39, 0.29) is 13.2 Å². The molecule has 1 aromatic heterocycles. The van der Waals surface area contributed by atoms with E-state index in [4.69, 9.17) is 4.74 Å². The van der Waals surface area contributed by atoms with E-state index >= 15 is 0 Å². The molecule has 0 radical (unpaired) electrons. The van der Waals surface area contributed by atoms with Gasteiger partial charge >= 0.3 is 6.18 Å². The minimum absolute atomic E-state index is 0.109. The highest BCUT2D eigenvalue weighted by Crippen LogP contribution is 2.19. The lowest BCUT2D eigenvalue weighted by molar-refractivity contribution is -0.146. The molecule has 3 nitrogen and oxygen atoms in total. The minimum Gasteiger partial charge on any atom is -0.375 e. The predicted molar refractivity (Wildman–Crippen MR) is 61.9 cm³/mol. The van der Waals surface area contributed by atoms with Crippen LogP contribution in [0.15, 0.2) is 18.3 Å². The molecule has 0 amide bonds. The molecule has 0 aliphatic carbocycles. The zero-order valence-corrected chi connectivity index (χ0v) is 10.3. The lowest BCUT2D eigenvalue weighted by atomic mass is 10.2. The summed E-state index contributed by atoms with van der Waals surface area (Å²) in [6.07, 6.45) is -3.39. The normalized spacial score (nSPS) is 11.8. The molecule has 1 heterocycles. The van der Waals surface area contributed by atoms with Crippen LogP contribution in [0.2, 0.25) is 0 Å². The summed E-state index contributed by atoms with van der Waals surface area (Å²) in [5.41, 5.74) is 1.67. The molecule has 1 N–H and O–H groups in total. The van der Waals surface area contributed by atoms with Crippen molar-refractivity contribution in [3.8, 4) is 0 Å². The van der Waals surface area contributed by atoms with Crippen molar-refractivity contribution in [3.05, 3.63) is 29.6 Å². The number of pyridine rings is 1. The number of halogens is 3. The van der Waals surface area contributed by atoms with E-state index in [0.29, 0.717) is 5.69 Å². The first-order valence-corrected chi connectivity index (χ1v) is 5.80. The molecule has 0 fully saturated rings. The topological polar surface area (TPSA) is 34.1 Å². The first-order chi connectivity index (χ1) is 8.51. The van der Waals surface area contributed by atoms with E-state index in [1.54, 1.807) is 12.3 Å². The molecular weight excluding hydrogens is 245 g/mol. The summed E-state index contributed by atoms with van der Waals surface area (Å²) in [6.45, 7) is 3.40. The predicted octanol–water partition coefficient (Wildman–Crippen LogP) is 2.66. The third kappa shape index (κ3) is 6.56. The van der Waals surface area contributed by atoms with Crippen molar-refractivity contribution in [2.45, 2.75) is 32.7 Å². The Morgan fingerprint density at radius 2 is 2.11 bits per heavy atom. The van der Waals surface area contributed by atoms with Crippen LogP contribution in [0, 0.1) is 0 Å². The van der Waals surface area contributed by atoms with Crippen LogP contribution in [0.3, 0.4) is 0 Å². The number of aromatic nitrogens is 1. The van der Waals surface area contributed by atoms with Gasteiger partial charge in [0.05, 0.1) is 25.3 Å². The maximum absolute atomic E-state index is 11.9. The highest BCUT2D eigenvalue weighted by Gasteiger charge is 2.26. The number of hydrogen-bond donors (Lipinski definition) is 1. The molecule has 1 rings (SSSR count). The molecule has 1 aromatic rings. The Bertz CT molecular complexity index is 338. The lowest BCUT2D eigenvalue weighted by Gasteiger charge is -2.07. The van der Waals surface area contributed by atoms with Gasteiger partial charge in [-0.25, -0.2) is 0 Å². The Balaban J connectivity index is 2.26. The molecule has 0 aliphatic rings. The fourth-order valence-electron chi connectivity index (χ4n) is 1.28. The third-order valence-corrected chi connectivity index (χ3v) is 2.24. The van der Waals surface area contributed by atoms with Crippen molar-refractivity contribution in [1.29, 1.82) is 0 Å². The van der Waals surface area contributed by atoms with Gasteiger partial charge in [-0.3, -0.25) is 4.98 Å². The zero-order valence-electron chi connectivity index (χ0n) is 10.3. The molecule has 0 aromatic carbocycles. The summed E-state index contributed by atoms with van der Waals surface area (Å²) in [7, 11) is 0. The van der Waals surface area contributed by atoms with Gasteiger partial charge in [0.25, 0.3) is 0 Å². The molecular formula is C12H17F3N2O. The fraction of sp³-hybridized carbons (Fsp3) is 0.583. The van der Waals surface area contributed by atoms with Gasteiger partial charge in [-0.1, -0.05) is 13.0 Å². The lowest BCUT2D eigenvalue weighted by Crippen LogP contribution is -2.12. The average Bonchev–Trinajstić information content (AvgIpc) is 2.32. The number of ether oxygens (including phenoxy) is 1. The highest BCUT2D eigenvalue weighted by atomic mass is 19.4. The molecule has 0 unspecified atom stereocenters. The summed E-state index contributed by atoms with van der Waals surface area (Å²) in [4.78, 5) is 4.12. The van der Waals surface area contributed by atoms with Crippen molar-refractivity contribution in [3.63, 3.8) is 0 Å². The summed E-state index contributed by atoms with van der Waals surface area (Å²) < 4.78 is 40.5. The minimum atomic E-state index is -4.16. The molecule has 0 saturated heterocycles. The Hall–Kier alpha value is -1.14. The SMILES string of the molecule is CCNCc1ccc(COCCC(F)(F)F)nc1. The largest absolute Gasteiger partial charge is 0.391 e. The fourth-order valence-corrected chi connectivity index (χ4v) is 1.28. The Labute approximate surface area is 104 Å². The summed E-state index contributed by atoms with van der Waals surface area (Å²) in [5, 5.41) is 3.16. The summed E-state index contributed by atoms with van der Waals surface area (Å²) in [6, 6.07) is 3.65.